The van der Waals surface area contributed by atoms with Crippen LogP contribution in [0.15, 0.2) is 18.5 Å². The van der Waals surface area contributed by atoms with Crippen molar-refractivity contribution in [1.29, 1.82) is 0 Å². The molecule has 8 heteroatoms. The number of nitrogen functional groups attached to an aromatic ring is 1. The molecule has 1 aromatic heterocycles. The molecule has 1 aliphatic heterocycles. The number of methoxy groups -OCH3 is 1. The third kappa shape index (κ3) is 3.30. The van der Waals surface area contributed by atoms with Crippen LogP contribution in [0.1, 0.15) is 20.8 Å². The zero-order chi connectivity index (χ0) is 18.9. The summed E-state index contributed by atoms with van der Waals surface area (Å²) in [5, 5.41) is 4.00. The molecule has 0 unspecified atom stereocenters. The lowest BCUT2D eigenvalue weighted by atomic mass is 10.1. The van der Waals surface area contributed by atoms with Crippen LogP contribution in [-0.4, -0.2) is 55.0 Å². The molecule has 1 amide bonds. The molecule has 0 saturated carbocycles. The predicted molar refractivity (Wildman–Crippen MR) is 101 cm³/mol. The van der Waals surface area contributed by atoms with Gasteiger partial charge in [0.15, 0.2) is 11.4 Å². The number of aromatic nitrogens is 2. The molecule has 3 rings (SSSR count). The van der Waals surface area contributed by atoms with Gasteiger partial charge in [-0.15, -0.1) is 0 Å². The molecular weight excluding hydrogens is 334 g/mol. The molecule has 2 aromatic rings. The molecule has 1 aliphatic rings. The molecular formula is C18H26N5O3+. The van der Waals surface area contributed by atoms with E-state index >= 15 is 0 Å². The summed E-state index contributed by atoms with van der Waals surface area (Å²) < 4.78 is 11.4. The normalized spacial score (nSPS) is 17.1. The van der Waals surface area contributed by atoms with Crippen LogP contribution >= 0.6 is 0 Å². The van der Waals surface area contributed by atoms with Gasteiger partial charge in [0.25, 0.3) is 0 Å². The van der Waals surface area contributed by atoms with Crippen molar-refractivity contribution in [3.8, 4) is 5.75 Å². The van der Waals surface area contributed by atoms with Crippen LogP contribution < -0.4 is 20.3 Å². The molecule has 140 valence electrons. The van der Waals surface area contributed by atoms with Gasteiger partial charge in [-0.3, -0.25) is 0 Å². The predicted octanol–water partition coefficient (Wildman–Crippen LogP) is 2.07. The molecule has 1 fully saturated rings. The maximum atomic E-state index is 13.2. The second kappa shape index (κ2) is 6.69. The zero-order valence-electron chi connectivity index (χ0n) is 15.7. The van der Waals surface area contributed by atoms with Gasteiger partial charge in [0.1, 0.15) is 30.8 Å². The highest BCUT2D eigenvalue weighted by molar-refractivity contribution is 5.95. The van der Waals surface area contributed by atoms with Gasteiger partial charge in [-0.25, -0.2) is 9.97 Å². The summed E-state index contributed by atoms with van der Waals surface area (Å²) >= 11 is 0. The maximum absolute atomic E-state index is 13.2. The van der Waals surface area contributed by atoms with E-state index in [-0.39, 0.29) is 10.6 Å². The van der Waals surface area contributed by atoms with E-state index in [4.69, 9.17) is 15.2 Å². The van der Waals surface area contributed by atoms with Gasteiger partial charge in [0, 0.05) is 24.5 Å². The fourth-order valence-corrected chi connectivity index (χ4v) is 3.24. The largest absolute Gasteiger partial charge is 0.521 e. The number of rotatable bonds is 2. The fraction of sp³-hybridized carbons (Fsp3) is 0.500. The minimum Gasteiger partial charge on any atom is -0.491 e. The molecule has 3 N–H and O–H groups in total. The zero-order valence-corrected chi connectivity index (χ0v) is 15.7. The number of carbonyl (C=O) groups is 1. The fourth-order valence-electron chi connectivity index (χ4n) is 3.24. The van der Waals surface area contributed by atoms with Crippen molar-refractivity contribution in [1.82, 2.24) is 19.8 Å². The number of nitrogens with zero attached hydrogens (tertiary/aromatic N) is 3. The molecule has 1 aromatic carbocycles. The van der Waals surface area contributed by atoms with Crippen molar-refractivity contribution in [3.63, 3.8) is 0 Å². The number of anilines is 1. The maximum Gasteiger partial charge on any atom is 0.521 e. The van der Waals surface area contributed by atoms with E-state index in [0.717, 1.165) is 5.69 Å². The number of benzene rings is 1. The summed E-state index contributed by atoms with van der Waals surface area (Å²) in [7, 11) is 1.58. The first-order valence-corrected chi connectivity index (χ1v) is 8.67. The lowest BCUT2D eigenvalue weighted by molar-refractivity contribution is 0.0237. The van der Waals surface area contributed by atoms with Gasteiger partial charge >= 0.3 is 6.09 Å². The Morgan fingerprint density at radius 1 is 1.23 bits per heavy atom. The van der Waals surface area contributed by atoms with Crippen molar-refractivity contribution in [2.45, 2.75) is 26.4 Å². The summed E-state index contributed by atoms with van der Waals surface area (Å²) in [5.74, 6) is 0.954. The first kappa shape index (κ1) is 18.3. The summed E-state index contributed by atoms with van der Waals surface area (Å²) in [6, 6.07) is 3.66. The van der Waals surface area contributed by atoms with E-state index < -0.39 is 5.60 Å². The number of nitrogens with two attached hydrogens (primary N) is 1. The number of nitrogens with one attached hydrogen (secondary N) is 1. The van der Waals surface area contributed by atoms with E-state index in [1.54, 1.807) is 13.2 Å². The van der Waals surface area contributed by atoms with Crippen molar-refractivity contribution < 1.29 is 14.3 Å². The van der Waals surface area contributed by atoms with Crippen molar-refractivity contribution in [3.05, 3.63) is 18.5 Å². The third-order valence-corrected chi connectivity index (χ3v) is 4.51. The van der Waals surface area contributed by atoms with E-state index in [1.165, 1.54) is 6.33 Å². The Labute approximate surface area is 152 Å². The van der Waals surface area contributed by atoms with E-state index in [0.29, 0.717) is 48.6 Å². The number of piperazine rings is 1. The van der Waals surface area contributed by atoms with Crippen LogP contribution in [-0.2, 0) is 4.74 Å². The quantitative estimate of drug-likeness (QED) is 0.791. The number of quaternary nitrogens is 1. The first-order chi connectivity index (χ1) is 12.3. The Morgan fingerprint density at radius 2 is 1.92 bits per heavy atom. The number of amides is 1. The van der Waals surface area contributed by atoms with E-state index in [2.05, 4.69) is 15.3 Å². The van der Waals surface area contributed by atoms with Crippen molar-refractivity contribution in [2.24, 2.45) is 0 Å². The first-order valence-electron chi connectivity index (χ1n) is 8.67. The standard InChI is InChI=1S/C18H26N5O3/c1-18(2,3)26-17(24)23(7-5-20-6-8-23)14-10-13-12(9-15(14)25-4)16(19)22-11-21-13/h9-11,20H,5-8H2,1-4H3,(H2,19,21,22)/q+1. The minimum atomic E-state index is -0.579. The van der Waals surface area contributed by atoms with Gasteiger partial charge in [-0.1, -0.05) is 0 Å². The highest BCUT2D eigenvalue weighted by Gasteiger charge is 2.46. The van der Waals surface area contributed by atoms with Gasteiger partial charge in [-0.05, 0) is 26.8 Å². The molecule has 8 nitrogen and oxygen atoms in total. The van der Waals surface area contributed by atoms with Crippen LogP contribution in [0.4, 0.5) is 16.3 Å². The molecule has 26 heavy (non-hydrogen) atoms. The van der Waals surface area contributed by atoms with Crippen LogP contribution in [0.5, 0.6) is 5.75 Å². The monoisotopic (exact) mass is 360 g/mol. The van der Waals surface area contributed by atoms with Crippen molar-refractivity contribution >= 4 is 28.5 Å². The molecule has 0 radical (unpaired) electrons. The smallest absolute Gasteiger partial charge is 0.491 e. The Hall–Kier alpha value is -2.45. The van der Waals surface area contributed by atoms with Gasteiger partial charge < -0.3 is 20.5 Å². The molecule has 0 atom stereocenters. The summed E-state index contributed by atoms with van der Waals surface area (Å²) in [6.07, 6.45) is 1.13. The average Bonchev–Trinajstić information content (AvgIpc) is 2.60. The number of ether oxygens (including phenoxy) is 2. The highest BCUT2D eigenvalue weighted by Crippen LogP contribution is 2.39. The third-order valence-electron chi connectivity index (χ3n) is 4.51. The van der Waals surface area contributed by atoms with Crippen molar-refractivity contribution in [2.75, 3.05) is 39.0 Å². The number of carbonyl (C=O) groups excluding carboxylic acids is 1. The summed E-state index contributed by atoms with van der Waals surface area (Å²) in [5.41, 5.74) is 6.80. The Bertz CT molecular complexity index is 825. The van der Waals surface area contributed by atoms with Gasteiger partial charge in [0.2, 0.25) is 0 Å². The number of hydrogen-bond acceptors (Lipinski definition) is 7. The Balaban J connectivity index is 2.19. The Morgan fingerprint density at radius 3 is 2.54 bits per heavy atom. The minimum absolute atomic E-state index is 0.0489. The second-order valence-corrected chi connectivity index (χ2v) is 7.45. The second-order valence-electron chi connectivity index (χ2n) is 7.45. The molecule has 0 bridgehead atoms. The molecule has 2 heterocycles. The summed E-state index contributed by atoms with van der Waals surface area (Å²) in [4.78, 5) is 21.6. The van der Waals surface area contributed by atoms with Crippen LogP contribution in [0.2, 0.25) is 0 Å². The lowest BCUT2D eigenvalue weighted by Crippen LogP contribution is -2.64. The number of fused-ring (bicyclic) bond motifs is 1. The SMILES string of the molecule is COc1cc2c(N)ncnc2cc1[N+]1(C(=O)OC(C)(C)C)CCNCC1. The molecule has 0 spiro atoms. The number of hydrogen-bond donors (Lipinski definition) is 2. The van der Waals surface area contributed by atoms with Crippen LogP contribution in [0.25, 0.3) is 10.9 Å². The van der Waals surface area contributed by atoms with Crippen LogP contribution in [0.3, 0.4) is 0 Å². The lowest BCUT2D eigenvalue weighted by Gasteiger charge is -2.39. The average molecular weight is 360 g/mol. The van der Waals surface area contributed by atoms with Gasteiger partial charge in [-0.2, -0.15) is 9.28 Å². The molecule has 0 aliphatic carbocycles. The summed E-state index contributed by atoms with van der Waals surface area (Å²) in [6.45, 7) is 8.15. The van der Waals surface area contributed by atoms with Gasteiger partial charge in [0.05, 0.1) is 12.6 Å². The Kier molecular flexibility index (Phi) is 4.72. The van der Waals surface area contributed by atoms with E-state index in [1.807, 2.05) is 26.8 Å². The topological polar surface area (TPSA) is 99.4 Å². The molecule has 1 saturated heterocycles. The van der Waals surface area contributed by atoms with E-state index in [9.17, 15) is 4.79 Å². The van der Waals surface area contributed by atoms with Crippen LogP contribution in [0, 0.1) is 0 Å². The highest BCUT2D eigenvalue weighted by atomic mass is 16.6.